The number of alkyl halides is 17. The Morgan fingerprint density at radius 3 is 1.50 bits per heavy atom. The Morgan fingerprint density at radius 2 is 1.20 bits per heavy atom. The van der Waals surface area contributed by atoms with E-state index in [-0.39, 0.29) is 0 Å². The van der Waals surface area contributed by atoms with Crippen LogP contribution in [0.2, 0.25) is 0 Å². The summed E-state index contributed by atoms with van der Waals surface area (Å²) in [6.07, 6.45) is -20.8. The summed E-state index contributed by atoms with van der Waals surface area (Å²) in [5.74, 6) is -36.7. The van der Waals surface area contributed by atoms with Crippen LogP contribution >= 0.6 is 0 Å². The molecule has 0 aromatic carbocycles. The van der Waals surface area contributed by atoms with Crippen molar-refractivity contribution in [3.8, 4) is 0 Å². The minimum Gasteiger partial charge on any atom is -0.448 e. The first kappa shape index (κ1) is 24.6. The third-order valence-corrected chi connectivity index (χ3v) is 4.33. The van der Waals surface area contributed by atoms with Gasteiger partial charge in [-0.15, -0.1) is 0 Å². The van der Waals surface area contributed by atoms with Crippen LogP contribution in [0, 0.1) is 0 Å². The van der Waals surface area contributed by atoms with E-state index in [1.54, 1.807) is 0 Å². The fraction of sp³-hybridized carbons (Fsp3) is 0.833. The van der Waals surface area contributed by atoms with Gasteiger partial charge in [0.15, 0.2) is 11.9 Å². The predicted molar refractivity (Wildman–Crippen MR) is 57.2 cm³/mol. The van der Waals surface area contributed by atoms with Crippen LogP contribution < -0.4 is 0 Å². The van der Waals surface area contributed by atoms with Crippen LogP contribution in [-0.4, -0.2) is 53.7 Å². The number of ether oxygens (including phenoxy) is 1. The predicted octanol–water partition coefficient (Wildman–Crippen LogP) is 6.05. The average molecular weight is 486 g/mol. The second-order valence-electron chi connectivity index (χ2n) is 6.20. The van der Waals surface area contributed by atoms with Crippen molar-refractivity contribution in [3.05, 3.63) is 11.3 Å². The second-order valence-corrected chi connectivity index (χ2v) is 6.20. The molecule has 176 valence electrons. The highest BCUT2D eigenvalue weighted by Crippen LogP contribution is 2.70. The summed E-state index contributed by atoms with van der Waals surface area (Å²) in [6.45, 7) is 0. The summed E-state index contributed by atoms with van der Waals surface area (Å²) in [5.41, 5.74) is -11.6. The summed E-state index contributed by atoms with van der Waals surface area (Å²) in [6, 6.07) is 0. The van der Waals surface area contributed by atoms with Gasteiger partial charge in [-0.2, -0.15) is 65.9 Å². The molecule has 0 saturated heterocycles. The van der Waals surface area contributed by atoms with E-state index in [9.17, 15) is 74.6 Å². The lowest BCUT2D eigenvalue weighted by atomic mass is 9.70. The van der Waals surface area contributed by atoms with Gasteiger partial charge in [0.2, 0.25) is 0 Å². The number of hydrogen-bond acceptors (Lipinski definition) is 1. The maximum atomic E-state index is 13.9. The van der Waals surface area contributed by atoms with Gasteiger partial charge < -0.3 is 4.74 Å². The van der Waals surface area contributed by atoms with Gasteiger partial charge in [-0.3, -0.25) is 0 Å². The van der Waals surface area contributed by atoms with Gasteiger partial charge in [-0.25, -0.2) is 8.78 Å². The molecule has 0 aromatic rings. The van der Waals surface area contributed by atoms with Crippen LogP contribution in [0.4, 0.5) is 74.6 Å². The van der Waals surface area contributed by atoms with E-state index in [0.717, 1.165) is 0 Å². The zero-order valence-electron chi connectivity index (χ0n) is 13.1. The maximum Gasteiger partial charge on any atom is 0.460 e. The van der Waals surface area contributed by atoms with Crippen LogP contribution in [0.25, 0.3) is 0 Å². The summed E-state index contributed by atoms with van der Waals surface area (Å²) in [4.78, 5) is 0. The van der Waals surface area contributed by atoms with E-state index in [4.69, 9.17) is 0 Å². The Morgan fingerprint density at radius 1 is 0.767 bits per heavy atom. The molecule has 0 aromatic heterocycles. The zero-order valence-corrected chi connectivity index (χ0v) is 13.1. The number of hydrogen-bond donors (Lipinski definition) is 0. The van der Waals surface area contributed by atoms with Crippen molar-refractivity contribution in [2.24, 2.45) is 0 Å². The Kier molecular flexibility index (Phi) is 4.74. The summed E-state index contributed by atoms with van der Waals surface area (Å²) in [7, 11) is 0. The van der Waals surface area contributed by atoms with Gasteiger partial charge in [0.05, 0.1) is 6.42 Å². The van der Waals surface area contributed by atoms with E-state index < -0.39 is 71.5 Å². The van der Waals surface area contributed by atoms with Crippen molar-refractivity contribution in [3.63, 3.8) is 0 Å². The van der Waals surface area contributed by atoms with Gasteiger partial charge in [0.25, 0.3) is 0 Å². The first-order valence-corrected chi connectivity index (χ1v) is 6.95. The number of halogens is 17. The molecule has 18 heteroatoms. The Bertz CT molecular complexity index is 760. The van der Waals surface area contributed by atoms with Crippen LogP contribution in [-0.2, 0) is 4.74 Å². The molecule has 2 aliphatic carbocycles. The van der Waals surface area contributed by atoms with Crippen molar-refractivity contribution in [1.29, 1.82) is 0 Å². The zero-order chi connectivity index (χ0) is 24.1. The van der Waals surface area contributed by atoms with Crippen molar-refractivity contribution in [2.45, 2.75) is 60.2 Å². The highest BCUT2D eigenvalue weighted by molar-refractivity contribution is 5.51. The Labute approximate surface area is 152 Å². The van der Waals surface area contributed by atoms with Crippen LogP contribution in [0.15, 0.2) is 11.3 Å². The van der Waals surface area contributed by atoms with Crippen LogP contribution in [0.5, 0.6) is 0 Å². The molecule has 0 aliphatic heterocycles. The molecule has 0 spiro atoms. The van der Waals surface area contributed by atoms with Gasteiger partial charge in [0.1, 0.15) is 5.57 Å². The molecule has 0 radical (unpaired) electrons. The van der Waals surface area contributed by atoms with Crippen LogP contribution in [0.1, 0.15) is 6.42 Å². The molecule has 0 bridgehead atoms. The molecule has 3 unspecified atom stereocenters. The third-order valence-electron chi connectivity index (χ3n) is 4.33. The SMILES string of the molecule is FC1CC(F)(F)C1(F)OC1=C(C(F)(F)C(F)(F)C(F)(F)F)C(F)(C(F)(F)F)C1(F)F. The molecule has 2 rings (SSSR count). The Balaban J connectivity index is 2.81. The quantitative estimate of drug-likeness (QED) is 0.440. The van der Waals surface area contributed by atoms with Crippen LogP contribution in [0.3, 0.4) is 0 Å². The molecular formula is C12H3F17O. The standard InChI is InChI=1S/C12H3F17O/c13-2-1-5(14,15)9(2,21)30-4-3(6(16,8(4,19)20)11(24,25)26)7(17,18)10(22,23)12(27,28)29/h2H,1H2. The number of rotatable bonds is 4. The molecule has 3 atom stereocenters. The van der Waals surface area contributed by atoms with Gasteiger partial charge >= 0.3 is 47.6 Å². The first-order chi connectivity index (χ1) is 12.8. The lowest BCUT2D eigenvalue weighted by Gasteiger charge is -2.52. The smallest absolute Gasteiger partial charge is 0.448 e. The summed E-state index contributed by atoms with van der Waals surface area (Å²) < 4.78 is 225. The molecule has 2 aliphatic rings. The van der Waals surface area contributed by atoms with Crippen molar-refractivity contribution in [2.75, 3.05) is 0 Å². The van der Waals surface area contributed by atoms with Gasteiger partial charge in [-0.05, 0) is 0 Å². The minimum atomic E-state index is -7.70. The normalized spacial score (nSPS) is 34.4. The largest absolute Gasteiger partial charge is 0.460 e. The second kappa shape index (κ2) is 5.77. The maximum absolute atomic E-state index is 13.9. The lowest BCUT2D eigenvalue weighted by molar-refractivity contribution is -0.394. The highest BCUT2D eigenvalue weighted by Gasteiger charge is 2.92. The van der Waals surface area contributed by atoms with Crippen molar-refractivity contribution < 1.29 is 79.4 Å². The topological polar surface area (TPSA) is 9.23 Å². The first-order valence-electron chi connectivity index (χ1n) is 6.95. The van der Waals surface area contributed by atoms with Crippen molar-refractivity contribution >= 4 is 0 Å². The molecule has 0 N–H and O–H groups in total. The molecule has 0 amide bonds. The number of allylic oxidation sites excluding steroid dienone is 2. The van der Waals surface area contributed by atoms with E-state index in [0.29, 0.717) is 0 Å². The van der Waals surface area contributed by atoms with E-state index in [1.165, 1.54) is 0 Å². The molecule has 1 fully saturated rings. The minimum absolute atomic E-state index is 2.22. The third kappa shape index (κ3) is 2.56. The van der Waals surface area contributed by atoms with E-state index >= 15 is 0 Å². The molecule has 1 saturated carbocycles. The summed E-state index contributed by atoms with van der Waals surface area (Å²) in [5, 5.41) is 0. The fourth-order valence-corrected chi connectivity index (χ4v) is 2.57. The van der Waals surface area contributed by atoms with Crippen molar-refractivity contribution in [1.82, 2.24) is 0 Å². The van der Waals surface area contributed by atoms with Gasteiger partial charge in [0, 0.05) is 0 Å². The highest BCUT2D eigenvalue weighted by atomic mass is 19.4. The fourth-order valence-electron chi connectivity index (χ4n) is 2.57. The summed E-state index contributed by atoms with van der Waals surface area (Å²) >= 11 is 0. The monoisotopic (exact) mass is 486 g/mol. The molecule has 30 heavy (non-hydrogen) atoms. The van der Waals surface area contributed by atoms with E-state index in [1.807, 2.05) is 0 Å². The molecule has 0 heterocycles. The van der Waals surface area contributed by atoms with Gasteiger partial charge in [-0.1, -0.05) is 0 Å². The molecule has 1 nitrogen and oxygen atoms in total. The Hall–Kier alpha value is -1.65. The molecular weight excluding hydrogens is 483 g/mol. The average Bonchev–Trinajstić information content (AvgIpc) is 2.50. The van der Waals surface area contributed by atoms with E-state index in [2.05, 4.69) is 4.74 Å². The lowest BCUT2D eigenvalue weighted by Crippen LogP contribution is -2.74.